The summed E-state index contributed by atoms with van der Waals surface area (Å²) in [4.78, 5) is 17.8. The van der Waals surface area contributed by atoms with Crippen LogP contribution in [0.4, 0.5) is 0 Å². The summed E-state index contributed by atoms with van der Waals surface area (Å²) in [5, 5.41) is 11.9. The Morgan fingerprint density at radius 2 is 1.63 bits per heavy atom. The van der Waals surface area contributed by atoms with Gasteiger partial charge in [-0.15, -0.1) is 12.8 Å². The Morgan fingerprint density at radius 1 is 1.08 bits per heavy atom. The molecule has 0 aromatic heterocycles. The second kappa shape index (κ2) is 16.2. The smallest absolute Gasteiger partial charge is 0.236 e. The lowest BCUT2D eigenvalue weighted by Crippen LogP contribution is -2.49. The molecule has 0 bridgehead atoms. The van der Waals surface area contributed by atoms with Crippen molar-refractivity contribution < 1.29 is 9.90 Å². The van der Waals surface area contributed by atoms with Crippen LogP contribution >= 0.6 is 11.6 Å². The Kier molecular flexibility index (Phi) is 14.1. The predicted molar refractivity (Wildman–Crippen MR) is 162 cm³/mol. The zero-order valence-corrected chi connectivity index (χ0v) is 24.7. The molecule has 206 valence electrons. The molecule has 1 amide bonds. The summed E-state index contributed by atoms with van der Waals surface area (Å²) >= 11 is 6.03. The Balaban J connectivity index is 0.00000172. The van der Waals surface area contributed by atoms with Gasteiger partial charge in [0.2, 0.25) is 5.91 Å². The first-order valence-electron chi connectivity index (χ1n) is 13.3. The third-order valence-electron chi connectivity index (χ3n) is 7.12. The molecule has 0 aliphatic carbocycles. The molecule has 1 heterocycles. The van der Waals surface area contributed by atoms with E-state index in [0.29, 0.717) is 24.3 Å². The van der Waals surface area contributed by atoms with Crippen molar-refractivity contribution in [1.82, 2.24) is 9.80 Å². The SMILES string of the molecule is C#C.C/C=C\C=C(/C)C(CCN1CCC(O)(c2ccc(Cl)cc2)CC1)(C(=O)N(C)C)c1ccccc1.CC. The van der Waals surface area contributed by atoms with Crippen molar-refractivity contribution in [3.8, 4) is 12.8 Å². The molecular formula is C33H45ClN2O2. The molecule has 1 atom stereocenters. The average molecular weight is 537 g/mol. The molecule has 38 heavy (non-hydrogen) atoms. The second-order valence-corrected chi connectivity index (χ2v) is 9.91. The molecule has 2 aromatic carbocycles. The normalized spacial score (nSPS) is 16.8. The number of halogens is 1. The maximum absolute atomic E-state index is 13.8. The Labute approximate surface area is 236 Å². The fraction of sp³-hybridized carbons (Fsp3) is 0.424. The fourth-order valence-electron chi connectivity index (χ4n) is 4.98. The number of benzene rings is 2. The number of likely N-dealkylation sites (N-methyl/N-ethyl adjacent to an activating group) is 1. The third-order valence-corrected chi connectivity index (χ3v) is 7.37. The molecule has 1 saturated heterocycles. The van der Waals surface area contributed by atoms with Gasteiger partial charge in [0, 0.05) is 32.2 Å². The summed E-state index contributed by atoms with van der Waals surface area (Å²) in [6.45, 7) is 10.4. The van der Waals surface area contributed by atoms with E-state index in [2.05, 4.69) is 42.9 Å². The number of hydrogen-bond donors (Lipinski definition) is 1. The molecule has 1 aliphatic rings. The van der Waals surface area contributed by atoms with Crippen molar-refractivity contribution >= 4 is 17.5 Å². The topological polar surface area (TPSA) is 43.8 Å². The van der Waals surface area contributed by atoms with Crippen LogP contribution in [0.2, 0.25) is 5.02 Å². The Bertz CT molecular complexity index is 1050. The van der Waals surface area contributed by atoms with E-state index in [0.717, 1.165) is 36.3 Å². The van der Waals surface area contributed by atoms with E-state index < -0.39 is 11.0 Å². The largest absolute Gasteiger partial charge is 0.385 e. The molecule has 1 fully saturated rings. The highest BCUT2D eigenvalue weighted by atomic mass is 35.5. The molecule has 3 rings (SSSR count). The van der Waals surface area contributed by atoms with Crippen molar-refractivity contribution in [2.24, 2.45) is 0 Å². The van der Waals surface area contributed by atoms with Crippen molar-refractivity contribution in [2.45, 2.75) is 58.0 Å². The van der Waals surface area contributed by atoms with Crippen LogP contribution in [-0.4, -0.2) is 54.5 Å². The van der Waals surface area contributed by atoms with Crippen molar-refractivity contribution in [2.75, 3.05) is 33.7 Å². The van der Waals surface area contributed by atoms with E-state index in [-0.39, 0.29) is 5.91 Å². The van der Waals surface area contributed by atoms with E-state index >= 15 is 0 Å². The number of likely N-dealkylation sites (tertiary alicyclic amines) is 1. The zero-order valence-electron chi connectivity index (χ0n) is 24.0. The minimum absolute atomic E-state index is 0.0895. The summed E-state index contributed by atoms with van der Waals surface area (Å²) in [7, 11) is 3.66. The van der Waals surface area contributed by atoms with Gasteiger partial charge >= 0.3 is 0 Å². The highest BCUT2D eigenvalue weighted by molar-refractivity contribution is 6.30. The zero-order chi connectivity index (χ0) is 28.8. The van der Waals surface area contributed by atoms with Crippen LogP contribution in [0.5, 0.6) is 0 Å². The van der Waals surface area contributed by atoms with Gasteiger partial charge in [0.15, 0.2) is 0 Å². The van der Waals surface area contributed by atoms with Gasteiger partial charge in [-0.1, -0.05) is 91.7 Å². The van der Waals surface area contributed by atoms with Gasteiger partial charge < -0.3 is 14.9 Å². The Hall–Kier alpha value is -2.84. The van der Waals surface area contributed by atoms with E-state index in [1.807, 2.05) is 89.5 Å². The van der Waals surface area contributed by atoms with Gasteiger partial charge in [0.1, 0.15) is 0 Å². The van der Waals surface area contributed by atoms with E-state index in [9.17, 15) is 9.90 Å². The highest BCUT2D eigenvalue weighted by Gasteiger charge is 2.43. The highest BCUT2D eigenvalue weighted by Crippen LogP contribution is 2.39. The molecule has 2 aromatic rings. The van der Waals surface area contributed by atoms with Gasteiger partial charge in [-0.2, -0.15) is 0 Å². The van der Waals surface area contributed by atoms with Gasteiger partial charge in [0.25, 0.3) is 0 Å². The molecule has 1 aliphatic heterocycles. The average Bonchev–Trinajstić information content (AvgIpc) is 2.96. The van der Waals surface area contributed by atoms with Crippen LogP contribution in [0.1, 0.15) is 58.1 Å². The number of nitrogens with zero attached hydrogens (tertiary/aromatic N) is 2. The van der Waals surface area contributed by atoms with Crippen LogP contribution < -0.4 is 0 Å². The minimum atomic E-state index is -0.835. The number of hydrogen-bond acceptors (Lipinski definition) is 3. The molecular weight excluding hydrogens is 492 g/mol. The monoisotopic (exact) mass is 536 g/mol. The van der Waals surface area contributed by atoms with E-state index in [1.54, 1.807) is 4.90 Å². The summed E-state index contributed by atoms with van der Waals surface area (Å²) in [5.74, 6) is 0.0895. The lowest BCUT2D eigenvalue weighted by atomic mass is 9.70. The second-order valence-electron chi connectivity index (χ2n) is 9.48. The number of piperidine rings is 1. The summed E-state index contributed by atoms with van der Waals surface area (Å²) in [6.07, 6.45) is 16.0. The number of rotatable bonds is 8. The summed E-state index contributed by atoms with van der Waals surface area (Å²) < 4.78 is 0. The third kappa shape index (κ3) is 8.08. The van der Waals surface area contributed by atoms with Gasteiger partial charge in [0.05, 0.1) is 11.0 Å². The van der Waals surface area contributed by atoms with Crippen LogP contribution in [0, 0.1) is 12.8 Å². The van der Waals surface area contributed by atoms with Gasteiger partial charge in [-0.25, -0.2) is 0 Å². The lowest BCUT2D eigenvalue weighted by Gasteiger charge is -2.41. The standard InChI is InChI=1S/C29H37ClN2O2.C2H6.C2H2/c1-5-6-10-23(2)29(27(33)31(3)4,25-11-8-7-9-12-25)19-22-32-20-17-28(34,18-21-32)24-13-15-26(30)16-14-24;2*1-2/h5-16,34H,17-22H2,1-4H3;1-2H3;1-2H/b6-5-,23-10+;;. The van der Waals surface area contributed by atoms with Crippen LogP contribution in [0.15, 0.2) is 78.4 Å². The van der Waals surface area contributed by atoms with Crippen LogP contribution in [0.3, 0.4) is 0 Å². The quantitative estimate of drug-likeness (QED) is 0.297. The molecule has 5 heteroatoms. The first-order valence-corrected chi connectivity index (χ1v) is 13.7. The fourth-order valence-corrected chi connectivity index (χ4v) is 5.10. The Morgan fingerprint density at radius 3 is 2.13 bits per heavy atom. The van der Waals surface area contributed by atoms with Crippen molar-refractivity contribution in [3.05, 3.63) is 94.5 Å². The first kappa shape index (κ1) is 33.2. The van der Waals surface area contributed by atoms with Crippen molar-refractivity contribution in [3.63, 3.8) is 0 Å². The maximum Gasteiger partial charge on any atom is 0.236 e. The lowest BCUT2D eigenvalue weighted by molar-refractivity contribution is -0.134. The molecule has 0 radical (unpaired) electrons. The molecule has 1 unspecified atom stereocenters. The number of carbonyl (C=O) groups is 1. The molecule has 4 nitrogen and oxygen atoms in total. The van der Waals surface area contributed by atoms with E-state index in [4.69, 9.17) is 11.6 Å². The number of aliphatic hydroxyl groups is 1. The molecule has 0 spiro atoms. The first-order chi connectivity index (χ1) is 18.2. The van der Waals surface area contributed by atoms with Gasteiger partial charge in [-0.3, -0.25) is 4.79 Å². The van der Waals surface area contributed by atoms with Crippen LogP contribution in [0.25, 0.3) is 0 Å². The van der Waals surface area contributed by atoms with Crippen molar-refractivity contribution in [1.29, 1.82) is 0 Å². The summed E-state index contributed by atoms with van der Waals surface area (Å²) in [6, 6.07) is 17.6. The van der Waals surface area contributed by atoms with E-state index in [1.165, 1.54) is 0 Å². The van der Waals surface area contributed by atoms with Gasteiger partial charge in [-0.05, 0) is 62.9 Å². The molecule has 0 saturated carbocycles. The number of amides is 1. The number of allylic oxidation sites excluding steroid dienone is 3. The maximum atomic E-state index is 13.8. The van der Waals surface area contributed by atoms with Crippen LogP contribution in [-0.2, 0) is 15.8 Å². The predicted octanol–water partition coefficient (Wildman–Crippen LogP) is 6.84. The number of terminal acetylenes is 1. The summed E-state index contributed by atoms with van der Waals surface area (Å²) in [5.41, 5.74) is 1.39. The molecule has 1 N–H and O–H groups in total. The number of carbonyl (C=O) groups excluding carboxylic acids is 1. The minimum Gasteiger partial charge on any atom is -0.385 e.